The summed E-state index contributed by atoms with van der Waals surface area (Å²) >= 11 is 6.05. The fraction of sp³-hybridized carbons (Fsp3) is 0.263. The van der Waals surface area contributed by atoms with Gasteiger partial charge in [0.1, 0.15) is 4.92 Å². The molecular formula is C19H17ClN4O4. The molecule has 144 valence electrons. The van der Waals surface area contributed by atoms with Crippen LogP contribution in [0.1, 0.15) is 23.4 Å². The third kappa shape index (κ3) is 3.63. The Morgan fingerprint density at radius 1 is 1.25 bits per heavy atom. The maximum Gasteiger partial charge on any atom is 0.433 e. The Morgan fingerprint density at radius 3 is 2.75 bits per heavy atom. The molecule has 8 nitrogen and oxygen atoms in total. The van der Waals surface area contributed by atoms with E-state index in [4.69, 9.17) is 16.0 Å². The van der Waals surface area contributed by atoms with Gasteiger partial charge in [0.2, 0.25) is 0 Å². The van der Waals surface area contributed by atoms with Crippen LogP contribution in [0.15, 0.2) is 47.0 Å². The Morgan fingerprint density at radius 2 is 2.04 bits per heavy atom. The molecule has 1 amide bonds. The number of carbonyl (C=O) groups excluding carboxylic acids is 1. The molecule has 1 aromatic carbocycles. The molecule has 0 saturated carbocycles. The van der Waals surface area contributed by atoms with Crippen molar-refractivity contribution in [3.8, 4) is 0 Å². The molecule has 3 heterocycles. The molecule has 0 radical (unpaired) electrons. The average Bonchev–Trinajstić information content (AvgIpc) is 3.19. The highest BCUT2D eigenvalue weighted by molar-refractivity contribution is 6.31. The van der Waals surface area contributed by atoms with E-state index in [1.807, 2.05) is 24.3 Å². The summed E-state index contributed by atoms with van der Waals surface area (Å²) < 4.78 is 4.96. The summed E-state index contributed by atoms with van der Waals surface area (Å²) in [6.45, 7) is 1.54. The van der Waals surface area contributed by atoms with Crippen molar-refractivity contribution < 1.29 is 14.1 Å². The van der Waals surface area contributed by atoms with Gasteiger partial charge in [-0.05, 0) is 43.2 Å². The number of nitrogens with one attached hydrogen (secondary N) is 1. The number of nitrogens with zero attached hydrogens (tertiary/aromatic N) is 3. The van der Waals surface area contributed by atoms with Gasteiger partial charge in [-0.25, -0.2) is 0 Å². The van der Waals surface area contributed by atoms with Gasteiger partial charge < -0.3 is 14.6 Å². The number of hydrogen-bond acceptors (Lipinski definition) is 6. The fourth-order valence-electron chi connectivity index (χ4n) is 3.45. The predicted octanol–water partition coefficient (Wildman–Crippen LogP) is 3.79. The van der Waals surface area contributed by atoms with E-state index in [2.05, 4.69) is 15.2 Å². The van der Waals surface area contributed by atoms with Gasteiger partial charge in [-0.15, -0.1) is 0 Å². The number of benzene rings is 1. The number of amides is 1. The first-order valence-electron chi connectivity index (χ1n) is 8.85. The lowest BCUT2D eigenvalue weighted by Gasteiger charge is -2.34. The topological polar surface area (TPSA) is 102 Å². The van der Waals surface area contributed by atoms with Crippen LogP contribution in [0.3, 0.4) is 0 Å². The Bertz CT molecular complexity index is 1040. The number of piperidine rings is 1. The van der Waals surface area contributed by atoms with Crippen molar-refractivity contribution in [2.75, 3.05) is 18.0 Å². The van der Waals surface area contributed by atoms with Crippen LogP contribution in [0.2, 0.25) is 5.02 Å². The van der Waals surface area contributed by atoms with Gasteiger partial charge in [-0.2, -0.15) is 0 Å². The number of pyridine rings is 1. The molecule has 28 heavy (non-hydrogen) atoms. The number of anilines is 1. The van der Waals surface area contributed by atoms with E-state index in [9.17, 15) is 14.9 Å². The lowest BCUT2D eigenvalue weighted by molar-refractivity contribution is -0.402. The molecule has 4 rings (SSSR count). The van der Waals surface area contributed by atoms with E-state index in [1.54, 1.807) is 6.20 Å². The van der Waals surface area contributed by atoms with Crippen LogP contribution in [0.4, 0.5) is 11.6 Å². The van der Waals surface area contributed by atoms with E-state index in [0.717, 1.165) is 42.5 Å². The highest BCUT2D eigenvalue weighted by Crippen LogP contribution is 2.29. The zero-order valence-corrected chi connectivity index (χ0v) is 15.6. The van der Waals surface area contributed by atoms with Crippen molar-refractivity contribution in [2.45, 2.75) is 18.9 Å². The fourth-order valence-corrected chi connectivity index (χ4v) is 3.62. The van der Waals surface area contributed by atoms with Crippen molar-refractivity contribution in [1.82, 2.24) is 10.3 Å². The van der Waals surface area contributed by atoms with Crippen molar-refractivity contribution in [3.63, 3.8) is 0 Å². The van der Waals surface area contributed by atoms with Gasteiger partial charge in [0.25, 0.3) is 5.91 Å². The van der Waals surface area contributed by atoms with Crippen molar-refractivity contribution in [3.05, 3.63) is 63.5 Å². The monoisotopic (exact) mass is 400 g/mol. The van der Waals surface area contributed by atoms with Crippen molar-refractivity contribution in [2.24, 2.45) is 0 Å². The molecule has 1 N–H and O–H groups in total. The Balaban J connectivity index is 1.41. The molecule has 0 aliphatic carbocycles. The molecule has 3 aromatic rings. The second-order valence-electron chi connectivity index (χ2n) is 6.62. The first-order chi connectivity index (χ1) is 13.5. The van der Waals surface area contributed by atoms with E-state index in [1.165, 1.54) is 12.1 Å². The van der Waals surface area contributed by atoms with Crippen LogP contribution in [-0.2, 0) is 0 Å². The molecule has 0 unspecified atom stereocenters. The van der Waals surface area contributed by atoms with Gasteiger partial charge in [0, 0.05) is 41.4 Å². The van der Waals surface area contributed by atoms with Crippen LogP contribution >= 0.6 is 11.6 Å². The molecule has 1 aliphatic rings. The van der Waals surface area contributed by atoms with Crippen LogP contribution in [0.25, 0.3) is 10.9 Å². The third-order valence-electron chi connectivity index (χ3n) is 4.85. The predicted molar refractivity (Wildman–Crippen MR) is 105 cm³/mol. The van der Waals surface area contributed by atoms with Gasteiger partial charge in [-0.3, -0.25) is 19.9 Å². The van der Waals surface area contributed by atoms with E-state index >= 15 is 0 Å². The number of fused-ring (bicyclic) bond motifs is 1. The minimum Gasteiger partial charge on any atom is -0.395 e. The van der Waals surface area contributed by atoms with Crippen LogP contribution < -0.4 is 10.2 Å². The second kappa shape index (κ2) is 7.47. The second-order valence-corrected chi connectivity index (χ2v) is 7.06. The molecule has 1 aliphatic heterocycles. The molecule has 0 atom stereocenters. The van der Waals surface area contributed by atoms with E-state index < -0.39 is 16.7 Å². The zero-order chi connectivity index (χ0) is 19.7. The van der Waals surface area contributed by atoms with E-state index in [0.29, 0.717) is 5.02 Å². The molecule has 2 aromatic heterocycles. The molecule has 0 bridgehead atoms. The minimum atomic E-state index is -0.665. The lowest BCUT2D eigenvalue weighted by atomic mass is 10.0. The summed E-state index contributed by atoms with van der Waals surface area (Å²) in [7, 11) is 0. The molecule has 1 saturated heterocycles. The zero-order valence-electron chi connectivity index (χ0n) is 14.8. The molecule has 1 fully saturated rings. The van der Waals surface area contributed by atoms with Crippen LogP contribution in [0.5, 0.6) is 0 Å². The average molecular weight is 401 g/mol. The number of nitro groups is 1. The number of carbonyl (C=O) groups is 1. The molecule has 0 spiro atoms. The maximum absolute atomic E-state index is 12.2. The Labute approximate surface area is 165 Å². The maximum atomic E-state index is 12.2. The van der Waals surface area contributed by atoms with Crippen molar-refractivity contribution >= 4 is 40.0 Å². The van der Waals surface area contributed by atoms with Gasteiger partial charge in [-0.1, -0.05) is 11.6 Å². The van der Waals surface area contributed by atoms with Gasteiger partial charge in [0.15, 0.2) is 5.76 Å². The first kappa shape index (κ1) is 18.2. The summed E-state index contributed by atoms with van der Waals surface area (Å²) in [5, 5.41) is 15.3. The normalized spacial score (nSPS) is 15.0. The summed E-state index contributed by atoms with van der Waals surface area (Å²) in [6, 6.07) is 10.1. The molecular weight excluding hydrogens is 384 g/mol. The highest BCUT2D eigenvalue weighted by Gasteiger charge is 2.24. The quantitative estimate of drug-likeness (QED) is 0.528. The van der Waals surface area contributed by atoms with Crippen LogP contribution in [0, 0.1) is 10.1 Å². The van der Waals surface area contributed by atoms with Gasteiger partial charge in [0.05, 0.1) is 11.6 Å². The molecule has 9 heteroatoms. The number of hydrogen-bond donors (Lipinski definition) is 1. The lowest BCUT2D eigenvalue weighted by Crippen LogP contribution is -2.44. The van der Waals surface area contributed by atoms with Crippen molar-refractivity contribution in [1.29, 1.82) is 0 Å². The number of furan rings is 1. The smallest absolute Gasteiger partial charge is 0.395 e. The minimum absolute atomic E-state index is 0.0181. The summed E-state index contributed by atoms with van der Waals surface area (Å²) in [6.07, 6.45) is 3.28. The number of rotatable bonds is 4. The number of aromatic nitrogens is 1. The largest absolute Gasteiger partial charge is 0.433 e. The Kier molecular flexibility index (Phi) is 4.87. The third-order valence-corrected chi connectivity index (χ3v) is 5.08. The Hall–Kier alpha value is -3.13. The summed E-state index contributed by atoms with van der Waals surface area (Å²) in [4.78, 5) is 28.9. The van der Waals surface area contributed by atoms with Crippen LogP contribution in [-0.4, -0.2) is 34.9 Å². The van der Waals surface area contributed by atoms with E-state index in [-0.39, 0.29) is 11.8 Å². The highest BCUT2D eigenvalue weighted by atomic mass is 35.5. The summed E-state index contributed by atoms with van der Waals surface area (Å²) in [5.74, 6) is -0.925. The van der Waals surface area contributed by atoms with Gasteiger partial charge >= 0.3 is 5.88 Å². The first-order valence-corrected chi connectivity index (χ1v) is 9.23. The SMILES string of the molecule is O=C(NC1CCN(c2ccnc3cc(Cl)ccc23)CC1)c1ccc([N+](=O)[O-])o1. The standard InChI is InChI=1S/C19H17ClN4O4/c20-12-1-2-14-15(11-12)21-8-5-16(14)23-9-6-13(7-10-23)22-19(25)17-3-4-18(28-17)24(26)27/h1-5,8,11,13H,6-7,9-10H2,(H,22,25). The number of halogens is 1. The summed E-state index contributed by atoms with van der Waals surface area (Å²) in [5.41, 5.74) is 1.94.